The van der Waals surface area contributed by atoms with Crippen LogP contribution in [0.2, 0.25) is 0 Å². The number of rotatable bonds is 3. The molecule has 0 bridgehead atoms. The average Bonchev–Trinajstić information content (AvgIpc) is 2.62. The van der Waals surface area contributed by atoms with E-state index in [9.17, 15) is 15.0 Å². The molecule has 0 aromatic carbocycles. The van der Waals surface area contributed by atoms with E-state index in [4.69, 9.17) is 10.8 Å². The SMILES string of the molecule is CC(C)C[C@H]1CCCC[C@]1(C)O.CCOC(C)=O.CO.C[C@]1(O)CCCC[C@@H]1N.S.S.S.S. The monoisotopic (exact) mass is 555 g/mol. The molecule has 2 aliphatic rings. The average molecular weight is 556 g/mol. The molecule has 2 fully saturated rings. The molecule has 208 valence electrons. The van der Waals surface area contributed by atoms with E-state index in [0.29, 0.717) is 12.5 Å². The number of carbonyl (C=O) groups is 1. The van der Waals surface area contributed by atoms with E-state index in [2.05, 4.69) is 18.6 Å². The Morgan fingerprint density at radius 1 is 0.939 bits per heavy atom. The van der Waals surface area contributed by atoms with Gasteiger partial charge in [0.1, 0.15) is 0 Å². The molecule has 0 aromatic heterocycles. The minimum absolute atomic E-state index is 0. The third kappa shape index (κ3) is 24.2. The van der Waals surface area contributed by atoms with Crippen LogP contribution in [0.1, 0.15) is 99.3 Å². The Labute approximate surface area is 232 Å². The number of ether oxygens (including phenoxy) is 1. The zero-order chi connectivity index (χ0) is 23.1. The van der Waals surface area contributed by atoms with Crippen molar-refractivity contribution in [3.05, 3.63) is 0 Å². The maximum absolute atomic E-state index is 10.1. The Kier molecular flexibility index (Phi) is 36.7. The molecule has 0 radical (unpaired) electrons. The summed E-state index contributed by atoms with van der Waals surface area (Å²) in [6.45, 7) is 12.0. The van der Waals surface area contributed by atoms with Crippen molar-refractivity contribution in [2.75, 3.05) is 13.7 Å². The van der Waals surface area contributed by atoms with Gasteiger partial charge in [-0.05, 0) is 64.7 Å². The molecule has 0 heterocycles. The second kappa shape index (κ2) is 25.8. The maximum Gasteiger partial charge on any atom is 0.302 e. The predicted octanol–water partition coefficient (Wildman–Crippen LogP) is 4.24. The van der Waals surface area contributed by atoms with Gasteiger partial charge >= 0.3 is 5.97 Å². The Balaban J connectivity index is -0.0000000786. The van der Waals surface area contributed by atoms with Crippen molar-refractivity contribution in [2.45, 2.75) is 117 Å². The second-order valence-corrected chi connectivity index (χ2v) is 9.06. The van der Waals surface area contributed by atoms with Gasteiger partial charge in [-0.2, -0.15) is 54.0 Å². The fourth-order valence-corrected chi connectivity index (χ4v) is 3.88. The summed E-state index contributed by atoms with van der Waals surface area (Å²) in [5, 5.41) is 26.6. The molecule has 10 heteroatoms. The van der Waals surface area contributed by atoms with Crippen LogP contribution in [-0.4, -0.2) is 52.2 Å². The fourth-order valence-electron chi connectivity index (χ4n) is 3.88. The fraction of sp³-hybridized carbons (Fsp3) is 0.957. The molecule has 2 aliphatic carbocycles. The van der Waals surface area contributed by atoms with Crippen molar-refractivity contribution < 1.29 is 24.9 Å². The first-order valence-corrected chi connectivity index (χ1v) is 11.2. The molecule has 0 spiro atoms. The van der Waals surface area contributed by atoms with Gasteiger partial charge in [0.25, 0.3) is 0 Å². The summed E-state index contributed by atoms with van der Waals surface area (Å²) in [6.07, 6.45) is 10.1. The first-order valence-electron chi connectivity index (χ1n) is 11.2. The Morgan fingerprint density at radius 3 is 1.61 bits per heavy atom. The van der Waals surface area contributed by atoms with Crippen LogP contribution in [0.4, 0.5) is 0 Å². The van der Waals surface area contributed by atoms with Gasteiger partial charge in [0.15, 0.2) is 0 Å². The Hall–Kier alpha value is 0.710. The smallest absolute Gasteiger partial charge is 0.302 e. The van der Waals surface area contributed by atoms with E-state index < -0.39 is 5.60 Å². The summed E-state index contributed by atoms with van der Waals surface area (Å²) >= 11 is 0. The molecule has 2 saturated carbocycles. The van der Waals surface area contributed by atoms with Gasteiger partial charge in [-0.3, -0.25) is 4.79 Å². The summed E-state index contributed by atoms with van der Waals surface area (Å²) < 4.78 is 4.40. The zero-order valence-electron chi connectivity index (χ0n) is 22.0. The van der Waals surface area contributed by atoms with Crippen molar-refractivity contribution in [1.82, 2.24) is 0 Å². The number of esters is 1. The predicted molar refractivity (Wildman–Crippen MR) is 161 cm³/mol. The zero-order valence-corrected chi connectivity index (χ0v) is 26.0. The lowest BCUT2D eigenvalue weighted by Gasteiger charge is -2.38. The Morgan fingerprint density at radius 2 is 1.36 bits per heavy atom. The number of aliphatic hydroxyl groups excluding tert-OH is 1. The molecule has 5 N–H and O–H groups in total. The number of hydrogen-bond acceptors (Lipinski definition) is 6. The van der Waals surface area contributed by atoms with E-state index in [0.717, 1.165) is 38.7 Å². The van der Waals surface area contributed by atoms with Crippen molar-refractivity contribution in [3.63, 3.8) is 0 Å². The normalized spacial score (nSPS) is 27.4. The van der Waals surface area contributed by atoms with Gasteiger partial charge < -0.3 is 25.8 Å². The van der Waals surface area contributed by atoms with Gasteiger partial charge in [0.2, 0.25) is 0 Å². The van der Waals surface area contributed by atoms with Crippen molar-refractivity contribution in [2.24, 2.45) is 17.6 Å². The van der Waals surface area contributed by atoms with Crippen LogP contribution in [-0.2, 0) is 9.53 Å². The minimum atomic E-state index is -0.585. The summed E-state index contributed by atoms with van der Waals surface area (Å²) in [5.41, 5.74) is 4.70. The molecule has 4 atom stereocenters. The largest absolute Gasteiger partial charge is 0.466 e. The van der Waals surface area contributed by atoms with E-state index in [1.165, 1.54) is 39.0 Å². The van der Waals surface area contributed by atoms with Crippen LogP contribution >= 0.6 is 54.0 Å². The Bertz CT molecular complexity index is 428. The molecular weight excluding hydrogens is 499 g/mol. The topological polar surface area (TPSA) is 113 Å². The highest BCUT2D eigenvalue weighted by Gasteiger charge is 2.34. The van der Waals surface area contributed by atoms with Gasteiger partial charge in [-0.25, -0.2) is 0 Å². The van der Waals surface area contributed by atoms with Gasteiger partial charge in [0.05, 0.1) is 17.8 Å². The number of aliphatic hydroxyl groups is 3. The molecule has 33 heavy (non-hydrogen) atoms. The van der Waals surface area contributed by atoms with Crippen molar-refractivity contribution in [3.8, 4) is 0 Å². The van der Waals surface area contributed by atoms with Crippen LogP contribution in [0.3, 0.4) is 0 Å². The van der Waals surface area contributed by atoms with Crippen molar-refractivity contribution in [1.29, 1.82) is 0 Å². The summed E-state index contributed by atoms with van der Waals surface area (Å²) in [6, 6.07) is 0.00579. The lowest BCUT2D eigenvalue weighted by Crippen LogP contribution is -2.47. The van der Waals surface area contributed by atoms with Crippen LogP contribution in [0.15, 0.2) is 0 Å². The van der Waals surface area contributed by atoms with E-state index in [1.54, 1.807) is 6.92 Å². The van der Waals surface area contributed by atoms with Gasteiger partial charge in [-0.15, -0.1) is 0 Å². The maximum atomic E-state index is 10.1. The van der Waals surface area contributed by atoms with Crippen LogP contribution in [0, 0.1) is 11.8 Å². The highest BCUT2D eigenvalue weighted by Crippen LogP contribution is 2.37. The first kappa shape index (κ1) is 47.0. The number of carbonyl (C=O) groups excluding carboxylic acids is 1. The van der Waals surface area contributed by atoms with E-state index in [-0.39, 0.29) is 71.6 Å². The molecular formula is C23H57NO5S4. The summed E-state index contributed by atoms with van der Waals surface area (Å²) in [4.78, 5) is 9.82. The number of nitrogens with two attached hydrogens (primary N) is 1. The minimum Gasteiger partial charge on any atom is -0.466 e. The van der Waals surface area contributed by atoms with E-state index >= 15 is 0 Å². The molecule has 0 amide bonds. The quantitative estimate of drug-likeness (QED) is 0.388. The van der Waals surface area contributed by atoms with Crippen molar-refractivity contribution >= 4 is 60.0 Å². The molecule has 0 aliphatic heterocycles. The highest BCUT2D eigenvalue weighted by atomic mass is 32.1. The third-order valence-corrected chi connectivity index (χ3v) is 5.72. The second-order valence-electron chi connectivity index (χ2n) is 9.06. The summed E-state index contributed by atoms with van der Waals surface area (Å²) in [5.74, 6) is 1.06. The standard InChI is InChI=1S/C11H22O.C7H15NO.C4H8O2.CH4O.4H2S/c1-9(2)8-10-6-4-5-7-11(10,3)12;1-7(9)5-3-2-4-6(7)8;1-3-6-4(2)5;1-2;;;;/h9-10,12H,4-8H2,1-3H3;6,9H,2-5,8H2,1H3;3H2,1-2H3;2H,1H3;4*1H2/t10-,11+;6-,7-;;;;;;/m10....../s1. The first-order chi connectivity index (χ1) is 13.4. The van der Waals surface area contributed by atoms with Crippen LogP contribution < -0.4 is 5.73 Å². The van der Waals surface area contributed by atoms with E-state index in [1.807, 2.05) is 13.8 Å². The summed E-state index contributed by atoms with van der Waals surface area (Å²) in [7, 11) is 1.00. The molecule has 0 unspecified atom stereocenters. The van der Waals surface area contributed by atoms with Gasteiger partial charge in [0, 0.05) is 20.1 Å². The number of hydrogen-bond donors (Lipinski definition) is 4. The highest BCUT2D eigenvalue weighted by molar-refractivity contribution is 7.59. The molecule has 2 rings (SSSR count). The van der Waals surface area contributed by atoms with Gasteiger partial charge in [-0.1, -0.05) is 39.5 Å². The molecule has 0 aromatic rings. The third-order valence-electron chi connectivity index (χ3n) is 5.72. The molecule has 0 saturated heterocycles. The lowest BCUT2D eigenvalue weighted by molar-refractivity contribution is -0.140. The lowest BCUT2D eigenvalue weighted by atomic mass is 9.73. The van der Waals surface area contributed by atoms with Crippen LogP contribution in [0.5, 0.6) is 0 Å². The van der Waals surface area contributed by atoms with Crippen LogP contribution in [0.25, 0.3) is 0 Å². The molecule has 6 nitrogen and oxygen atoms in total.